The molecular weight excluding hydrogens is 276 g/mol. The normalized spacial score (nSPS) is 13.9. The van der Waals surface area contributed by atoms with Gasteiger partial charge in [-0.25, -0.2) is 0 Å². The number of rotatable bonds is 4. The van der Waals surface area contributed by atoms with E-state index < -0.39 is 0 Å². The Hall–Kier alpha value is -2.81. The summed E-state index contributed by atoms with van der Waals surface area (Å²) < 4.78 is 0. The molecule has 0 amide bonds. The summed E-state index contributed by atoms with van der Waals surface area (Å²) in [7, 11) is 0. The van der Waals surface area contributed by atoms with Crippen LogP contribution in [0.25, 0.3) is 0 Å². The van der Waals surface area contributed by atoms with Crippen molar-refractivity contribution in [1.82, 2.24) is 9.97 Å². The molecule has 0 spiro atoms. The molecular formula is C16H18N6. The van der Waals surface area contributed by atoms with Gasteiger partial charge in [0.2, 0.25) is 5.95 Å². The zero-order valence-corrected chi connectivity index (χ0v) is 12.3. The number of aromatic nitrogens is 2. The van der Waals surface area contributed by atoms with E-state index in [1.54, 1.807) is 0 Å². The monoisotopic (exact) mass is 294 g/mol. The number of nitrogens with one attached hydrogen (secondary N) is 1. The molecule has 1 saturated heterocycles. The molecule has 0 radical (unpaired) electrons. The fourth-order valence-corrected chi connectivity index (χ4v) is 2.64. The molecule has 1 aromatic carbocycles. The number of nitriles is 1. The van der Waals surface area contributed by atoms with Gasteiger partial charge in [0, 0.05) is 19.6 Å². The van der Waals surface area contributed by atoms with E-state index in [2.05, 4.69) is 26.3 Å². The number of hydrogen-bond acceptors (Lipinski definition) is 6. The van der Waals surface area contributed by atoms with Crippen molar-refractivity contribution in [2.75, 3.05) is 29.0 Å². The van der Waals surface area contributed by atoms with Gasteiger partial charge in [0.1, 0.15) is 11.6 Å². The van der Waals surface area contributed by atoms with Crippen LogP contribution in [0.5, 0.6) is 0 Å². The Labute approximate surface area is 129 Å². The van der Waals surface area contributed by atoms with E-state index in [1.165, 1.54) is 0 Å². The largest absolute Gasteiger partial charge is 0.368 e. The second kappa shape index (κ2) is 6.31. The molecule has 1 aromatic heterocycles. The van der Waals surface area contributed by atoms with Crippen molar-refractivity contribution in [3.63, 3.8) is 0 Å². The van der Waals surface area contributed by atoms with Crippen molar-refractivity contribution in [3.8, 4) is 6.07 Å². The highest BCUT2D eigenvalue weighted by Crippen LogP contribution is 2.27. The van der Waals surface area contributed by atoms with Crippen LogP contribution in [0, 0.1) is 11.3 Å². The van der Waals surface area contributed by atoms with E-state index in [9.17, 15) is 5.26 Å². The summed E-state index contributed by atoms with van der Waals surface area (Å²) in [4.78, 5) is 10.6. The maximum absolute atomic E-state index is 9.51. The van der Waals surface area contributed by atoms with Gasteiger partial charge in [-0.2, -0.15) is 15.2 Å². The number of nitrogens with two attached hydrogens (primary N) is 1. The first-order valence-electron chi connectivity index (χ1n) is 7.38. The van der Waals surface area contributed by atoms with Crippen molar-refractivity contribution >= 4 is 17.6 Å². The van der Waals surface area contributed by atoms with E-state index in [0.717, 1.165) is 31.5 Å². The van der Waals surface area contributed by atoms with Gasteiger partial charge in [-0.3, -0.25) is 0 Å². The molecule has 2 aromatic rings. The maximum Gasteiger partial charge on any atom is 0.224 e. The summed E-state index contributed by atoms with van der Waals surface area (Å²) in [5.41, 5.74) is 7.40. The van der Waals surface area contributed by atoms with Crippen LogP contribution in [0.4, 0.5) is 17.6 Å². The van der Waals surface area contributed by atoms with Crippen molar-refractivity contribution in [2.24, 2.45) is 0 Å². The molecule has 0 unspecified atom stereocenters. The molecule has 1 fully saturated rings. The number of anilines is 3. The smallest absolute Gasteiger partial charge is 0.224 e. The molecule has 0 atom stereocenters. The summed E-state index contributed by atoms with van der Waals surface area (Å²) in [6.07, 6.45) is 2.23. The van der Waals surface area contributed by atoms with E-state index >= 15 is 0 Å². The molecule has 0 aliphatic carbocycles. The molecule has 2 heterocycles. The van der Waals surface area contributed by atoms with Crippen LogP contribution in [0.3, 0.4) is 0 Å². The minimum atomic E-state index is 0.191. The second-order valence-corrected chi connectivity index (χ2v) is 5.27. The first-order valence-corrected chi connectivity index (χ1v) is 7.38. The van der Waals surface area contributed by atoms with Crippen LogP contribution >= 0.6 is 0 Å². The highest BCUT2D eigenvalue weighted by Gasteiger charge is 2.21. The summed E-state index contributed by atoms with van der Waals surface area (Å²) in [6.45, 7) is 2.40. The van der Waals surface area contributed by atoms with Crippen LogP contribution in [0.2, 0.25) is 0 Å². The van der Waals surface area contributed by atoms with Crippen LogP contribution in [0.15, 0.2) is 30.3 Å². The number of hydrogen-bond donors (Lipinski definition) is 2. The topological polar surface area (TPSA) is 90.9 Å². The number of nitrogens with zero attached hydrogens (tertiary/aromatic N) is 4. The Morgan fingerprint density at radius 3 is 2.59 bits per heavy atom. The predicted molar refractivity (Wildman–Crippen MR) is 86.4 cm³/mol. The molecule has 6 heteroatoms. The Balaban J connectivity index is 1.88. The fraction of sp³-hybridized carbons (Fsp3) is 0.312. The van der Waals surface area contributed by atoms with Gasteiger partial charge in [-0.05, 0) is 18.4 Å². The first-order chi connectivity index (χ1) is 10.8. The molecule has 1 aliphatic rings. The van der Waals surface area contributed by atoms with Crippen LogP contribution in [-0.2, 0) is 6.54 Å². The standard InChI is InChI=1S/C16H18N6/c17-10-13-14(19-11-12-6-2-1-3-7-12)20-16(18)21-15(13)22-8-4-5-9-22/h1-3,6-7H,4-5,8-9,11H2,(H3,18,19,20,21). The first kappa shape index (κ1) is 14.1. The van der Waals surface area contributed by atoms with Crippen LogP contribution < -0.4 is 16.0 Å². The molecule has 3 rings (SSSR count). The van der Waals surface area contributed by atoms with Gasteiger partial charge in [-0.15, -0.1) is 0 Å². The van der Waals surface area contributed by atoms with Gasteiger partial charge >= 0.3 is 0 Å². The molecule has 112 valence electrons. The van der Waals surface area contributed by atoms with Gasteiger partial charge in [-0.1, -0.05) is 30.3 Å². The summed E-state index contributed by atoms with van der Waals surface area (Å²) in [5.74, 6) is 1.33. The van der Waals surface area contributed by atoms with Crippen molar-refractivity contribution in [3.05, 3.63) is 41.5 Å². The Kier molecular flexibility index (Phi) is 4.05. The quantitative estimate of drug-likeness (QED) is 0.897. The van der Waals surface area contributed by atoms with Crippen molar-refractivity contribution in [1.29, 1.82) is 5.26 Å². The minimum absolute atomic E-state index is 0.191. The average molecular weight is 294 g/mol. The maximum atomic E-state index is 9.51. The lowest BCUT2D eigenvalue weighted by Gasteiger charge is -2.19. The lowest BCUT2D eigenvalue weighted by molar-refractivity contribution is 0.924. The Morgan fingerprint density at radius 1 is 1.18 bits per heavy atom. The Morgan fingerprint density at radius 2 is 1.91 bits per heavy atom. The van der Waals surface area contributed by atoms with Gasteiger partial charge < -0.3 is 16.0 Å². The van der Waals surface area contributed by atoms with Crippen LogP contribution in [-0.4, -0.2) is 23.1 Å². The van der Waals surface area contributed by atoms with E-state index in [0.29, 0.717) is 23.7 Å². The second-order valence-electron chi connectivity index (χ2n) is 5.27. The fourth-order valence-electron chi connectivity index (χ4n) is 2.64. The van der Waals surface area contributed by atoms with Gasteiger partial charge in [0.15, 0.2) is 11.6 Å². The van der Waals surface area contributed by atoms with Crippen molar-refractivity contribution < 1.29 is 0 Å². The van der Waals surface area contributed by atoms with E-state index in [-0.39, 0.29) is 5.95 Å². The molecule has 0 saturated carbocycles. The lowest BCUT2D eigenvalue weighted by atomic mass is 10.2. The molecule has 0 bridgehead atoms. The van der Waals surface area contributed by atoms with Gasteiger partial charge in [0.05, 0.1) is 0 Å². The summed E-state index contributed by atoms with van der Waals surface area (Å²) >= 11 is 0. The summed E-state index contributed by atoms with van der Waals surface area (Å²) in [5, 5.41) is 12.7. The van der Waals surface area contributed by atoms with Crippen molar-refractivity contribution in [2.45, 2.75) is 19.4 Å². The molecule has 3 N–H and O–H groups in total. The summed E-state index contributed by atoms with van der Waals surface area (Å²) in [6, 6.07) is 12.2. The number of benzene rings is 1. The SMILES string of the molecule is N#Cc1c(NCc2ccccc2)nc(N)nc1N1CCCC1. The highest BCUT2D eigenvalue weighted by atomic mass is 15.2. The zero-order valence-electron chi connectivity index (χ0n) is 12.3. The van der Waals surface area contributed by atoms with Gasteiger partial charge in [0.25, 0.3) is 0 Å². The highest BCUT2D eigenvalue weighted by molar-refractivity contribution is 5.67. The lowest BCUT2D eigenvalue weighted by Crippen LogP contribution is -2.22. The molecule has 6 nitrogen and oxygen atoms in total. The molecule has 22 heavy (non-hydrogen) atoms. The third kappa shape index (κ3) is 2.93. The van der Waals surface area contributed by atoms with Crippen LogP contribution in [0.1, 0.15) is 24.0 Å². The number of nitrogen functional groups attached to an aromatic ring is 1. The van der Waals surface area contributed by atoms with E-state index in [1.807, 2.05) is 30.3 Å². The minimum Gasteiger partial charge on any atom is -0.368 e. The third-order valence-electron chi connectivity index (χ3n) is 3.73. The predicted octanol–water partition coefficient (Wildman–Crippen LogP) is 2.14. The Bertz CT molecular complexity index is 686. The zero-order chi connectivity index (χ0) is 15.4. The molecule has 1 aliphatic heterocycles. The third-order valence-corrected chi connectivity index (χ3v) is 3.73. The van der Waals surface area contributed by atoms with E-state index in [4.69, 9.17) is 5.73 Å². The average Bonchev–Trinajstić information content (AvgIpc) is 3.07.